The second kappa shape index (κ2) is 14.0. The lowest BCUT2D eigenvalue weighted by Crippen LogP contribution is -2.10. The van der Waals surface area contributed by atoms with Crippen molar-refractivity contribution in [3.63, 3.8) is 0 Å². The summed E-state index contributed by atoms with van der Waals surface area (Å²) in [7, 11) is 0. The summed E-state index contributed by atoms with van der Waals surface area (Å²) in [5.74, 6) is 0. The van der Waals surface area contributed by atoms with Crippen LogP contribution in [-0.4, -0.2) is 0 Å². The predicted octanol–water partition coefficient (Wildman–Crippen LogP) is 15.3. The molecule has 0 radical (unpaired) electrons. The first kappa shape index (κ1) is 32.4. The molecule has 0 aliphatic carbocycles. The van der Waals surface area contributed by atoms with E-state index in [4.69, 9.17) is 0 Å². The van der Waals surface area contributed by atoms with Crippen molar-refractivity contribution < 1.29 is 0 Å². The topological polar surface area (TPSA) is 3.24 Å². The fourth-order valence-corrected chi connectivity index (χ4v) is 8.01. The summed E-state index contributed by atoms with van der Waals surface area (Å²) in [5, 5.41) is 7.57. The third kappa shape index (κ3) is 6.22. The summed E-state index contributed by atoms with van der Waals surface area (Å²) < 4.78 is 0. The van der Waals surface area contributed by atoms with Crippen LogP contribution >= 0.6 is 0 Å². The maximum Gasteiger partial charge on any atom is 0.0467 e. The van der Waals surface area contributed by atoms with E-state index in [2.05, 4.69) is 229 Å². The van der Waals surface area contributed by atoms with E-state index in [-0.39, 0.29) is 0 Å². The Kier molecular flexibility index (Phi) is 8.24. The Labute approximate surface area is 322 Å². The first-order valence-electron chi connectivity index (χ1n) is 18.9. The van der Waals surface area contributed by atoms with E-state index < -0.39 is 0 Å². The standard InChI is InChI=1S/C54H37N/c1-2-11-38(12-3-1)40-21-23-41(24-22-40)42-27-31-48(32-28-42)55(50-17-10-16-45(36-50)46-26-25-39-13-4-5-14-44(39)35-46)49-33-29-43(30-34-49)54-37-47-15-6-7-18-51(47)52-19-8-9-20-53(52)54/h1-37H. The number of hydrogen-bond acceptors (Lipinski definition) is 1. The molecular formula is C54H37N. The quantitative estimate of drug-likeness (QED) is 0.150. The molecule has 0 N–H and O–H groups in total. The van der Waals surface area contributed by atoms with Crippen molar-refractivity contribution in [2.75, 3.05) is 4.90 Å². The highest BCUT2D eigenvalue weighted by atomic mass is 15.1. The molecule has 55 heavy (non-hydrogen) atoms. The van der Waals surface area contributed by atoms with Gasteiger partial charge >= 0.3 is 0 Å². The van der Waals surface area contributed by atoms with Gasteiger partial charge in [-0.1, -0.05) is 176 Å². The Morgan fingerprint density at radius 3 is 1.38 bits per heavy atom. The molecule has 0 aliphatic heterocycles. The molecule has 0 amide bonds. The van der Waals surface area contributed by atoms with Crippen molar-refractivity contribution in [3.8, 4) is 44.5 Å². The third-order valence-corrected chi connectivity index (χ3v) is 10.8. The van der Waals surface area contributed by atoms with E-state index in [0.29, 0.717) is 0 Å². The highest BCUT2D eigenvalue weighted by Gasteiger charge is 2.16. The highest BCUT2D eigenvalue weighted by molar-refractivity contribution is 6.13. The van der Waals surface area contributed by atoms with Gasteiger partial charge in [-0.25, -0.2) is 0 Å². The van der Waals surface area contributed by atoms with Gasteiger partial charge < -0.3 is 4.90 Å². The van der Waals surface area contributed by atoms with Crippen LogP contribution in [0.4, 0.5) is 17.1 Å². The van der Waals surface area contributed by atoms with Crippen LogP contribution in [0.25, 0.3) is 76.8 Å². The fourth-order valence-electron chi connectivity index (χ4n) is 8.01. The Morgan fingerprint density at radius 1 is 0.218 bits per heavy atom. The molecule has 0 atom stereocenters. The molecule has 0 heterocycles. The van der Waals surface area contributed by atoms with Crippen molar-refractivity contribution in [1.29, 1.82) is 0 Å². The number of hydrogen-bond donors (Lipinski definition) is 0. The van der Waals surface area contributed by atoms with Gasteiger partial charge in [-0.3, -0.25) is 0 Å². The summed E-state index contributed by atoms with van der Waals surface area (Å²) in [5.41, 5.74) is 13.0. The van der Waals surface area contributed by atoms with Gasteiger partial charge in [0.05, 0.1) is 0 Å². The zero-order chi connectivity index (χ0) is 36.6. The summed E-state index contributed by atoms with van der Waals surface area (Å²) >= 11 is 0. The van der Waals surface area contributed by atoms with Gasteiger partial charge in [0.25, 0.3) is 0 Å². The molecule has 10 aromatic rings. The molecular weight excluding hydrogens is 663 g/mol. The number of nitrogens with zero attached hydrogens (tertiary/aromatic N) is 1. The van der Waals surface area contributed by atoms with Crippen LogP contribution in [0.15, 0.2) is 224 Å². The molecule has 1 heteroatoms. The van der Waals surface area contributed by atoms with Crippen LogP contribution in [0.5, 0.6) is 0 Å². The minimum Gasteiger partial charge on any atom is -0.310 e. The van der Waals surface area contributed by atoms with E-state index in [9.17, 15) is 0 Å². The van der Waals surface area contributed by atoms with Gasteiger partial charge in [0.1, 0.15) is 0 Å². The van der Waals surface area contributed by atoms with Crippen molar-refractivity contribution in [2.45, 2.75) is 0 Å². The lowest BCUT2D eigenvalue weighted by atomic mass is 9.93. The van der Waals surface area contributed by atoms with Crippen LogP contribution in [0.2, 0.25) is 0 Å². The van der Waals surface area contributed by atoms with Gasteiger partial charge in [-0.2, -0.15) is 0 Å². The van der Waals surface area contributed by atoms with Gasteiger partial charge in [0, 0.05) is 17.1 Å². The highest BCUT2D eigenvalue weighted by Crippen LogP contribution is 2.40. The molecule has 1 nitrogen and oxygen atoms in total. The largest absolute Gasteiger partial charge is 0.310 e. The molecule has 0 spiro atoms. The zero-order valence-electron chi connectivity index (χ0n) is 30.3. The Bertz CT molecular complexity index is 2940. The second-order valence-electron chi connectivity index (χ2n) is 14.2. The molecule has 0 aromatic heterocycles. The second-order valence-corrected chi connectivity index (χ2v) is 14.2. The van der Waals surface area contributed by atoms with Crippen LogP contribution in [-0.2, 0) is 0 Å². The number of anilines is 3. The average molecular weight is 700 g/mol. The maximum absolute atomic E-state index is 2.37. The van der Waals surface area contributed by atoms with Gasteiger partial charge in [-0.15, -0.1) is 0 Å². The van der Waals surface area contributed by atoms with Gasteiger partial charge in [0.15, 0.2) is 0 Å². The van der Waals surface area contributed by atoms with E-state index in [1.165, 1.54) is 76.8 Å². The summed E-state index contributed by atoms with van der Waals surface area (Å²) in [6, 6.07) is 81.4. The van der Waals surface area contributed by atoms with E-state index in [1.54, 1.807) is 0 Å². The summed E-state index contributed by atoms with van der Waals surface area (Å²) in [4.78, 5) is 2.37. The molecule has 0 fully saturated rings. The van der Waals surface area contributed by atoms with E-state index in [0.717, 1.165) is 17.1 Å². The third-order valence-electron chi connectivity index (χ3n) is 10.8. The maximum atomic E-state index is 2.37. The Morgan fingerprint density at radius 2 is 0.691 bits per heavy atom. The summed E-state index contributed by atoms with van der Waals surface area (Å²) in [6.07, 6.45) is 0. The summed E-state index contributed by atoms with van der Waals surface area (Å²) in [6.45, 7) is 0. The van der Waals surface area contributed by atoms with Crippen molar-refractivity contribution in [2.24, 2.45) is 0 Å². The molecule has 0 saturated carbocycles. The first-order valence-corrected chi connectivity index (χ1v) is 18.9. The molecule has 10 rings (SSSR count). The van der Waals surface area contributed by atoms with E-state index in [1.807, 2.05) is 0 Å². The minimum absolute atomic E-state index is 1.10. The van der Waals surface area contributed by atoms with Crippen LogP contribution in [0.1, 0.15) is 0 Å². The SMILES string of the molecule is c1ccc(-c2ccc(-c3ccc(N(c4ccc(-c5cc6ccccc6c6ccccc56)cc4)c4cccc(-c5ccc6ccccc6c5)c4)cc3)cc2)cc1. The molecule has 10 aromatic carbocycles. The molecule has 0 bridgehead atoms. The molecule has 258 valence electrons. The number of fused-ring (bicyclic) bond motifs is 4. The van der Waals surface area contributed by atoms with E-state index >= 15 is 0 Å². The lowest BCUT2D eigenvalue weighted by molar-refractivity contribution is 1.28. The fraction of sp³-hybridized carbons (Fsp3) is 0. The minimum atomic E-state index is 1.10. The monoisotopic (exact) mass is 699 g/mol. The predicted molar refractivity (Wildman–Crippen MR) is 235 cm³/mol. The Balaban J connectivity index is 1.05. The van der Waals surface area contributed by atoms with Gasteiger partial charge in [-0.05, 0) is 125 Å². The Hall–Kier alpha value is -7.22. The number of rotatable bonds is 7. The number of benzene rings is 10. The van der Waals surface area contributed by atoms with Crippen LogP contribution in [0.3, 0.4) is 0 Å². The molecule has 0 saturated heterocycles. The normalized spacial score (nSPS) is 11.3. The molecule has 0 aliphatic rings. The average Bonchev–Trinajstić information content (AvgIpc) is 3.27. The van der Waals surface area contributed by atoms with Crippen molar-refractivity contribution in [3.05, 3.63) is 224 Å². The van der Waals surface area contributed by atoms with Crippen LogP contribution < -0.4 is 4.90 Å². The zero-order valence-corrected chi connectivity index (χ0v) is 30.3. The smallest absolute Gasteiger partial charge is 0.0467 e. The molecule has 0 unspecified atom stereocenters. The lowest BCUT2D eigenvalue weighted by Gasteiger charge is -2.26. The van der Waals surface area contributed by atoms with Gasteiger partial charge in [0.2, 0.25) is 0 Å². The van der Waals surface area contributed by atoms with Crippen molar-refractivity contribution >= 4 is 49.4 Å². The first-order chi connectivity index (χ1) is 27.2. The van der Waals surface area contributed by atoms with Crippen molar-refractivity contribution in [1.82, 2.24) is 0 Å². The van der Waals surface area contributed by atoms with Crippen LogP contribution in [0, 0.1) is 0 Å².